The Balaban J connectivity index is 1.76. The summed E-state index contributed by atoms with van der Waals surface area (Å²) in [4.78, 5) is 11.7. The van der Waals surface area contributed by atoms with Gasteiger partial charge in [0.25, 0.3) is 0 Å². The molecule has 0 spiro atoms. The zero-order chi connectivity index (χ0) is 16.0. The number of benzene rings is 1. The number of rotatable bonds is 4. The zero-order valence-electron chi connectivity index (χ0n) is 11.6. The molecule has 1 atom stereocenters. The van der Waals surface area contributed by atoms with Crippen LogP contribution < -0.4 is 20.7 Å². The Morgan fingerprint density at radius 3 is 2.68 bits per heavy atom. The van der Waals surface area contributed by atoms with E-state index < -0.39 is 12.4 Å². The molecule has 1 fully saturated rings. The van der Waals surface area contributed by atoms with Gasteiger partial charge in [0.1, 0.15) is 5.75 Å². The van der Waals surface area contributed by atoms with E-state index in [2.05, 4.69) is 20.7 Å². The number of hydrogen-bond donors (Lipinski definition) is 3. The van der Waals surface area contributed by atoms with Gasteiger partial charge >= 0.3 is 12.4 Å². The predicted molar refractivity (Wildman–Crippen MR) is 72.8 cm³/mol. The summed E-state index contributed by atoms with van der Waals surface area (Å²) in [5, 5.41) is 8.27. The molecule has 1 aliphatic heterocycles. The van der Waals surface area contributed by atoms with Crippen molar-refractivity contribution in [1.82, 2.24) is 10.6 Å². The van der Waals surface area contributed by atoms with E-state index in [-0.39, 0.29) is 11.9 Å². The first-order valence-electron chi connectivity index (χ1n) is 6.65. The van der Waals surface area contributed by atoms with Gasteiger partial charge in [-0.15, -0.1) is 13.2 Å². The van der Waals surface area contributed by atoms with Crippen molar-refractivity contribution in [3.05, 3.63) is 24.3 Å². The fraction of sp³-hybridized carbons (Fsp3) is 0.462. The van der Waals surface area contributed by atoms with Gasteiger partial charge in [-0.2, -0.15) is 0 Å². The van der Waals surface area contributed by atoms with Gasteiger partial charge in [0.05, 0.1) is 12.7 Å². The summed E-state index contributed by atoms with van der Waals surface area (Å²) >= 11 is 0. The molecule has 0 saturated carbocycles. The highest BCUT2D eigenvalue weighted by molar-refractivity contribution is 5.89. The number of halogens is 3. The minimum absolute atomic E-state index is 0.0953. The van der Waals surface area contributed by atoms with Crippen LogP contribution in [0.2, 0.25) is 0 Å². The number of nitrogens with one attached hydrogen (secondary N) is 3. The number of hydrogen-bond acceptors (Lipinski definition) is 4. The second kappa shape index (κ2) is 7.32. The van der Waals surface area contributed by atoms with E-state index in [0.717, 1.165) is 18.7 Å². The lowest BCUT2D eigenvalue weighted by molar-refractivity contribution is -0.274. The van der Waals surface area contributed by atoms with E-state index in [1.54, 1.807) is 0 Å². The molecule has 122 valence electrons. The van der Waals surface area contributed by atoms with E-state index >= 15 is 0 Å². The standard InChI is InChI=1S/C13H16F3N3O3/c14-13(15,16)22-10-3-1-9(2-4-10)19-12(20)18-8-11-7-17-5-6-21-11/h1-4,11,17H,5-8H2,(H2,18,19,20). The summed E-state index contributed by atoms with van der Waals surface area (Å²) in [6, 6.07) is 4.42. The molecule has 0 bridgehead atoms. The molecule has 22 heavy (non-hydrogen) atoms. The lowest BCUT2D eigenvalue weighted by Crippen LogP contribution is -2.45. The monoisotopic (exact) mass is 319 g/mol. The predicted octanol–water partition coefficient (Wildman–Crippen LogP) is 1.70. The molecule has 1 heterocycles. The molecule has 2 amide bonds. The second-order valence-electron chi connectivity index (χ2n) is 4.60. The minimum Gasteiger partial charge on any atom is -0.406 e. The van der Waals surface area contributed by atoms with Crippen LogP contribution in [0.5, 0.6) is 5.75 Å². The fourth-order valence-electron chi connectivity index (χ4n) is 1.87. The number of ether oxygens (including phenoxy) is 2. The fourth-order valence-corrected chi connectivity index (χ4v) is 1.87. The Morgan fingerprint density at radius 1 is 1.36 bits per heavy atom. The third-order valence-corrected chi connectivity index (χ3v) is 2.84. The first-order valence-corrected chi connectivity index (χ1v) is 6.65. The highest BCUT2D eigenvalue weighted by atomic mass is 19.4. The van der Waals surface area contributed by atoms with Crippen LogP contribution in [-0.2, 0) is 4.74 Å². The molecule has 0 radical (unpaired) electrons. The molecule has 2 rings (SSSR count). The summed E-state index contributed by atoms with van der Waals surface area (Å²) in [6.07, 6.45) is -4.83. The van der Waals surface area contributed by atoms with E-state index in [4.69, 9.17) is 4.74 Å². The summed E-state index contributed by atoms with van der Waals surface area (Å²) in [5.41, 5.74) is 0.356. The van der Waals surface area contributed by atoms with Crippen LogP contribution in [0.4, 0.5) is 23.7 Å². The van der Waals surface area contributed by atoms with Gasteiger partial charge in [0.2, 0.25) is 0 Å². The molecule has 1 saturated heterocycles. The van der Waals surface area contributed by atoms with Crippen molar-refractivity contribution in [2.75, 3.05) is 31.6 Å². The van der Waals surface area contributed by atoms with Crippen LogP contribution >= 0.6 is 0 Å². The van der Waals surface area contributed by atoms with Crippen LogP contribution in [0.25, 0.3) is 0 Å². The topological polar surface area (TPSA) is 71.6 Å². The SMILES string of the molecule is O=C(NCC1CNCCO1)Nc1ccc(OC(F)(F)F)cc1. The van der Waals surface area contributed by atoms with E-state index in [1.165, 1.54) is 12.1 Å². The molecule has 1 aliphatic rings. The minimum atomic E-state index is -4.74. The number of alkyl halides is 3. The lowest BCUT2D eigenvalue weighted by atomic mass is 10.3. The Labute approximate surface area is 125 Å². The average Bonchev–Trinajstić information content (AvgIpc) is 2.47. The second-order valence-corrected chi connectivity index (χ2v) is 4.60. The largest absolute Gasteiger partial charge is 0.573 e. The number of anilines is 1. The molecule has 6 nitrogen and oxygen atoms in total. The van der Waals surface area contributed by atoms with Crippen molar-refractivity contribution in [2.24, 2.45) is 0 Å². The molecule has 0 aliphatic carbocycles. The van der Waals surface area contributed by atoms with Gasteiger partial charge in [-0.05, 0) is 24.3 Å². The van der Waals surface area contributed by atoms with E-state index in [9.17, 15) is 18.0 Å². The van der Waals surface area contributed by atoms with Gasteiger partial charge in [-0.25, -0.2) is 4.79 Å². The van der Waals surface area contributed by atoms with Crippen molar-refractivity contribution in [3.63, 3.8) is 0 Å². The van der Waals surface area contributed by atoms with Gasteiger partial charge in [0, 0.05) is 25.3 Å². The number of amides is 2. The molecule has 9 heteroatoms. The number of morpholine rings is 1. The number of carbonyl (C=O) groups is 1. The first kappa shape index (κ1) is 16.4. The summed E-state index contributed by atoms with van der Waals surface area (Å²) in [7, 11) is 0. The van der Waals surface area contributed by atoms with Crippen molar-refractivity contribution in [3.8, 4) is 5.75 Å². The smallest absolute Gasteiger partial charge is 0.406 e. The maximum Gasteiger partial charge on any atom is 0.573 e. The van der Waals surface area contributed by atoms with Crippen molar-refractivity contribution in [1.29, 1.82) is 0 Å². The van der Waals surface area contributed by atoms with Gasteiger partial charge in [-0.1, -0.05) is 0 Å². The quantitative estimate of drug-likeness (QED) is 0.790. The number of urea groups is 1. The lowest BCUT2D eigenvalue weighted by Gasteiger charge is -2.23. The van der Waals surface area contributed by atoms with Gasteiger partial charge in [-0.3, -0.25) is 0 Å². The van der Waals surface area contributed by atoms with Crippen LogP contribution in [0, 0.1) is 0 Å². The van der Waals surface area contributed by atoms with Crippen LogP contribution in [0.1, 0.15) is 0 Å². The highest BCUT2D eigenvalue weighted by Gasteiger charge is 2.30. The zero-order valence-corrected chi connectivity index (χ0v) is 11.6. The van der Waals surface area contributed by atoms with Crippen LogP contribution in [0.15, 0.2) is 24.3 Å². The van der Waals surface area contributed by atoms with Crippen molar-refractivity contribution in [2.45, 2.75) is 12.5 Å². The third kappa shape index (κ3) is 5.78. The summed E-state index contributed by atoms with van der Waals surface area (Å²) in [6.45, 7) is 2.38. The Morgan fingerprint density at radius 2 is 2.09 bits per heavy atom. The van der Waals surface area contributed by atoms with Crippen LogP contribution in [-0.4, -0.2) is 44.7 Å². The summed E-state index contributed by atoms with van der Waals surface area (Å²) in [5.74, 6) is -0.347. The Kier molecular flexibility index (Phi) is 5.45. The maximum atomic E-state index is 12.0. The molecule has 0 aromatic heterocycles. The molecular weight excluding hydrogens is 303 g/mol. The first-order chi connectivity index (χ1) is 10.4. The van der Waals surface area contributed by atoms with Gasteiger partial charge in [0.15, 0.2) is 0 Å². The molecule has 1 unspecified atom stereocenters. The van der Waals surface area contributed by atoms with E-state index in [0.29, 0.717) is 25.4 Å². The normalized spacial score (nSPS) is 18.6. The molecular formula is C13H16F3N3O3. The molecule has 3 N–H and O–H groups in total. The maximum absolute atomic E-state index is 12.0. The average molecular weight is 319 g/mol. The van der Waals surface area contributed by atoms with Crippen molar-refractivity contribution < 1.29 is 27.4 Å². The third-order valence-electron chi connectivity index (χ3n) is 2.84. The molecule has 1 aromatic rings. The van der Waals surface area contributed by atoms with Gasteiger partial charge < -0.3 is 25.4 Å². The highest BCUT2D eigenvalue weighted by Crippen LogP contribution is 2.23. The number of carbonyl (C=O) groups excluding carboxylic acids is 1. The van der Waals surface area contributed by atoms with Crippen molar-refractivity contribution >= 4 is 11.7 Å². The van der Waals surface area contributed by atoms with E-state index in [1.807, 2.05) is 0 Å². The molecule has 1 aromatic carbocycles. The summed E-state index contributed by atoms with van der Waals surface area (Å²) < 4.78 is 45.2. The Hall–Kier alpha value is -2.00. The van der Waals surface area contributed by atoms with Crippen LogP contribution in [0.3, 0.4) is 0 Å². The Bertz CT molecular complexity index is 488.